The molecule has 0 radical (unpaired) electrons. The Morgan fingerprint density at radius 2 is 1.83 bits per heavy atom. The number of benzene rings is 2. The van der Waals surface area contributed by atoms with Crippen LogP contribution < -0.4 is 5.06 Å². The number of hydrogen-bond acceptors (Lipinski definition) is 4. The molecule has 0 aromatic heterocycles. The second-order valence-electron chi connectivity index (χ2n) is 4.94. The summed E-state index contributed by atoms with van der Waals surface area (Å²) in [4.78, 5) is 16.8. The maximum atomic E-state index is 11.5. The summed E-state index contributed by atoms with van der Waals surface area (Å²) in [5.41, 5.74) is 1.97. The summed E-state index contributed by atoms with van der Waals surface area (Å²) in [6.07, 6.45) is 2.18. The van der Waals surface area contributed by atoms with Crippen LogP contribution in [0.25, 0.3) is 11.1 Å². The highest BCUT2D eigenvalue weighted by Gasteiger charge is 2.15. The summed E-state index contributed by atoms with van der Waals surface area (Å²) in [6.45, 7) is 2.35. The molecule has 6 heteroatoms. The molecule has 0 heterocycles. The first-order valence-corrected chi connectivity index (χ1v) is 8.56. The Labute approximate surface area is 137 Å². The van der Waals surface area contributed by atoms with Gasteiger partial charge in [-0.05, 0) is 29.7 Å². The van der Waals surface area contributed by atoms with Crippen LogP contribution in [0.4, 0.5) is 5.69 Å². The molecular weight excluding hydrogens is 314 g/mol. The summed E-state index contributed by atoms with van der Waals surface area (Å²) in [6, 6.07) is 14.4. The first kappa shape index (κ1) is 17.2. The van der Waals surface area contributed by atoms with Crippen molar-refractivity contribution >= 4 is 22.8 Å². The zero-order valence-electron chi connectivity index (χ0n) is 12.8. The highest BCUT2D eigenvalue weighted by Crippen LogP contribution is 2.29. The first-order valence-electron chi connectivity index (χ1n) is 7.38. The molecule has 0 aliphatic heterocycles. The summed E-state index contributed by atoms with van der Waals surface area (Å²) < 4.78 is 22.9. The van der Waals surface area contributed by atoms with Gasteiger partial charge < -0.3 is 0 Å². The second-order valence-corrected chi connectivity index (χ2v) is 5.94. The number of rotatable bonds is 8. The molecule has 0 atom stereocenters. The van der Waals surface area contributed by atoms with Gasteiger partial charge in [0.25, 0.3) is 0 Å². The van der Waals surface area contributed by atoms with Crippen molar-refractivity contribution in [2.45, 2.75) is 24.7 Å². The molecule has 0 bridgehead atoms. The molecule has 2 aromatic rings. The van der Waals surface area contributed by atoms with Gasteiger partial charge in [0, 0.05) is 0 Å². The van der Waals surface area contributed by atoms with Crippen LogP contribution in [-0.4, -0.2) is 21.4 Å². The summed E-state index contributed by atoms with van der Waals surface area (Å²) >= 11 is 0. The predicted molar refractivity (Wildman–Crippen MR) is 89.9 cm³/mol. The van der Waals surface area contributed by atoms with Gasteiger partial charge in [-0.15, -0.1) is 0 Å². The highest BCUT2D eigenvalue weighted by atomic mass is 32.2. The molecule has 0 spiro atoms. The van der Waals surface area contributed by atoms with E-state index in [1.54, 1.807) is 12.1 Å². The van der Waals surface area contributed by atoms with Gasteiger partial charge in [-0.1, -0.05) is 49.7 Å². The van der Waals surface area contributed by atoms with Crippen LogP contribution in [0.15, 0.2) is 53.4 Å². The fraction of sp³-hybridized carbons (Fsp3) is 0.235. The molecule has 0 aliphatic carbocycles. The molecule has 0 aliphatic rings. The molecule has 23 heavy (non-hydrogen) atoms. The lowest BCUT2D eigenvalue weighted by Gasteiger charge is -2.19. The van der Waals surface area contributed by atoms with Crippen LogP contribution in [0, 0.1) is 0 Å². The number of hydrogen-bond donors (Lipinski definition) is 1. The highest BCUT2D eigenvalue weighted by molar-refractivity contribution is 7.72. The van der Waals surface area contributed by atoms with E-state index in [0.717, 1.165) is 29.0 Å². The largest absolute Gasteiger partial charge is 0.276 e. The number of carbonyl (C=O) groups excluding carboxylic acids is 1. The summed E-state index contributed by atoms with van der Waals surface area (Å²) in [5.74, 6) is 0. The van der Waals surface area contributed by atoms with E-state index in [1.807, 2.05) is 37.3 Å². The van der Waals surface area contributed by atoms with Crippen LogP contribution in [0.2, 0.25) is 0 Å². The average Bonchev–Trinajstić information content (AvgIpc) is 2.59. The van der Waals surface area contributed by atoms with E-state index in [4.69, 9.17) is 4.84 Å². The van der Waals surface area contributed by atoms with Gasteiger partial charge in [-0.25, -0.2) is 8.42 Å². The van der Waals surface area contributed by atoms with Crippen molar-refractivity contribution in [3.05, 3.63) is 48.5 Å². The molecule has 5 nitrogen and oxygen atoms in total. The maximum Gasteiger partial charge on any atom is 0.238 e. The predicted octanol–water partition coefficient (Wildman–Crippen LogP) is 3.02. The van der Waals surface area contributed by atoms with Crippen LogP contribution in [0.3, 0.4) is 0 Å². The Morgan fingerprint density at radius 1 is 1.09 bits per heavy atom. The van der Waals surface area contributed by atoms with Crippen molar-refractivity contribution in [2.24, 2.45) is 0 Å². The standard InChI is InChI=1S/C17H19NO4S/c1-2-3-11-22-18(13-19)16-12-15(9-10-17(16)23(20)21)14-7-5-4-6-8-14/h4-10,12-13,23H,2-3,11H2,1H3. The Morgan fingerprint density at radius 3 is 2.43 bits per heavy atom. The number of thiol groups is 1. The van der Waals surface area contributed by atoms with E-state index >= 15 is 0 Å². The van der Waals surface area contributed by atoms with Crippen LogP contribution in [0.1, 0.15) is 19.8 Å². The molecule has 0 unspecified atom stereocenters. The summed E-state index contributed by atoms with van der Waals surface area (Å²) in [5, 5.41) is 0.989. The molecular formula is C17H19NO4S. The van der Waals surface area contributed by atoms with Gasteiger partial charge in [0.05, 0.1) is 17.2 Å². The van der Waals surface area contributed by atoms with Gasteiger partial charge in [-0.3, -0.25) is 9.63 Å². The van der Waals surface area contributed by atoms with Crippen LogP contribution in [0.5, 0.6) is 0 Å². The number of amides is 1. The lowest BCUT2D eigenvalue weighted by atomic mass is 10.1. The van der Waals surface area contributed by atoms with Gasteiger partial charge in [0.2, 0.25) is 6.41 Å². The SMILES string of the molecule is CCCCON(C=O)c1cc(-c2ccccc2)ccc1[SH](=O)=O. The van der Waals surface area contributed by atoms with Gasteiger partial charge in [0.15, 0.2) is 10.7 Å². The van der Waals surface area contributed by atoms with E-state index in [0.29, 0.717) is 13.0 Å². The average molecular weight is 333 g/mol. The van der Waals surface area contributed by atoms with Crippen LogP contribution >= 0.6 is 0 Å². The van der Waals surface area contributed by atoms with Crippen molar-refractivity contribution in [2.75, 3.05) is 11.7 Å². The molecule has 2 rings (SSSR count). The van der Waals surface area contributed by atoms with Crippen molar-refractivity contribution in [3.8, 4) is 11.1 Å². The minimum atomic E-state index is -2.83. The Kier molecular flexibility index (Phi) is 6.31. The van der Waals surface area contributed by atoms with Crippen LogP contribution in [-0.2, 0) is 20.3 Å². The molecule has 1 amide bonds. The van der Waals surface area contributed by atoms with Gasteiger partial charge in [-0.2, -0.15) is 5.06 Å². The zero-order chi connectivity index (χ0) is 16.7. The summed E-state index contributed by atoms with van der Waals surface area (Å²) in [7, 11) is -2.83. The van der Waals surface area contributed by atoms with E-state index < -0.39 is 10.7 Å². The second kappa shape index (κ2) is 8.45. The number of hydroxylamine groups is 1. The van der Waals surface area contributed by atoms with Crippen molar-refractivity contribution in [1.29, 1.82) is 0 Å². The minimum absolute atomic E-state index is 0.0586. The van der Waals surface area contributed by atoms with Crippen molar-refractivity contribution < 1.29 is 18.0 Å². The lowest BCUT2D eigenvalue weighted by Crippen LogP contribution is -2.23. The van der Waals surface area contributed by atoms with E-state index in [9.17, 15) is 13.2 Å². The lowest BCUT2D eigenvalue weighted by molar-refractivity contribution is -0.114. The zero-order valence-corrected chi connectivity index (χ0v) is 13.7. The third-order valence-corrected chi connectivity index (χ3v) is 4.11. The molecule has 0 N–H and O–H groups in total. The number of unbranched alkanes of at least 4 members (excludes halogenated alkanes) is 1. The van der Waals surface area contributed by atoms with E-state index in [1.165, 1.54) is 6.07 Å². The van der Waals surface area contributed by atoms with E-state index in [-0.39, 0.29) is 10.6 Å². The monoisotopic (exact) mass is 333 g/mol. The number of carbonyl (C=O) groups is 1. The maximum absolute atomic E-state index is 11.5. The Bertz CT molecular complexity index is 721. The van der Waals surface area contributed by atoms with Crippen molar-refractivity contribution in [1.82, 2.24) is 0 Å². The third kappa shape index (κ3) is 4.40. The van der Waals surface area contributed by atoms with Crippen molar-refractivity contribution in [3.63, 3.8) is 0 Å². The number of anilines is 1. The Hall–Kier alpha value is -2.18. The smallest absolute Gasteiger partial charge is 0.238 e. The Balaban J connectivity index is 2.43. The number of nitrogens with zero attached hydrogens (tertiary/aromatic N) is 1. The molecule has 2 aromatic carbocycles. The quantitative estimate of drug-likeness (QED) is 0.349. The fourth-order valence-electron chi connectivity index (χ4n) is 2.13. The normalized spacial score (nSPS) is 10.7. The molecule has 122 valence electrons. The first-order chi connectivity index (χ1) is 11.2. The minimum Gasteiger partial charge on any atom is -0.276 e. The molecule has 0 saturated carbocycles. The molecule has 0 saturated heterocycles. The fourth-order valence-corrected chi connectivity index (χ4v) is 2.67. The van der Waals surface area contributed by atoms with Gasteiger partial charge in [0.1, 0.15) is 0 Å². The molecule has 0 fully saturated rings. The third-order valence-electron chi connectivity index (χ3n) is 3.34. The topological polar surface area (TPSA) is 63.7 Å². The van der Waals surface area contributed by atoms with Gasteiger partial charge >= 0.3 is 0 Å². The van der Waals surface area contributed by atoms with E-state index in [2.05, 4.69) is 0 Å².